The quantitative estimate of drug-likeness (QED) is 0.137. The molecule has 0 fully saturated rings. The zero-order valence-electron chi connectivity index (χ0n) is 25.0. The highest BCUT2D eigenvalue weighted by atomic mass is 16.3. The number of aliphatic hydroxyl groups excluding tert-OH is 1. The fourth-order valence-electron chi connectivity index (χ4n) is 5.62. The van der Waals surface area contributed by atoms with Crippen molar-refractivity contribution in [3.05, 3.63) is 190 Å². The number of benzene rings is 6. The van der Waals surface area contributed by atoms with Crippen LogP contribution in [0.1, 0.15) is 60.2 Å². The van der Waals surface area contributed by atoms with Crippen molar-refractivity contribution in [3.63, 3.8) is 0 Å². The highest BCUT2D eigenvalue weighted by Gasteiger charge is 2.25. The molecule has 46 heavy (non-hydrogen) atoms. The molecule has 0 aliphatic carbocycles. The van der Waals surface area contributed by atoms with Crippen molar-refractivity contribution in [2.24, 2.45) is 0 Å². The number of rotatable bonds is 10. The Morgan fingerprint density at radius 2 is 1.00 bits per heavy atom. The van der Waals surface area contributed by atoms with Crippen molar-refractivity contribution < 1.29 is 24.9 Å². The molecule has 0 amide bonds. The Bertz CT molecular complexity index is 1980. The van der Waals surface area contributed by atoms with Gasteiger partial charge >= 0.3 is 0 Å². The largest absolute Gasteiger partial charge is 0.508 e. The first-order chi connectivity index (χ1) is 22.4. The minimum Gasteiger partial charge on any atom is -0.508 e. The molecule has 0 aromatic heterocycles. The molecular weight excluding hydrogens is 572 g/mol. The van der Waals surface area contributed by atoms with Gasteiger partial charge in [-0.15, -0.1) is 0 Å². The summed E-state index contributed by atoms with van der Waals surface area (Å²) in [6.07, 6.45) is -0.149. The standard InChI is InChI=1S/C41H32O5/c42-33-19-12-28(13-20-33)24-27-10-17-32(18-11-27)39(44)37-23-16-30(25-29-14-21-34(43)22-15-29)26-38(37)35-8-4-5-9-36(35)41(46)40(45)31-6-2-1-3-7-31/h1-23,26,40,42-43,45H,24-25H2. The summed E-state index contributed by atoms with van der Waals surface area (Å²) in [5.74, 6) is -0.243. The predicted molar refractivity (Wildman–Crippen MR) is 179 cm³/mol. The van der Waals surface area contributed by atoms with Gasteiger partial charge in [-0.25, -0.2) is 0 Å². The molecule has 0 radical (unpaired) electrons. The summed E-state index contributed by atoms with van der Waals surface area (Å²) < 4.78 is 0. The van der Waals surface area contributed by atoms with Gasteiger partial charge in [0, 0.05) is 16.7 Å². The molecule has 0 spiro atoms. The van der Waals surface area contributed by atoms with Crippen molar-refractivity contribution >= 4 is 11.6 Å². The number of phenolic OH excluding ortho intramolecular Hbond substituents is 2. The third kappa shape index (κ3) is 6.80. The molecule has 0 saturated heterocycles. The first-order valence-electron chi connectivity index (χ1n) is 15.0. The number of hydrogen-bond acceptors (Lipinski definition) is 5. The summed E-state index contributed by atoms with van der Waals surface area (Å²) in [5, 5.41) is 30.4. The second-order valence-corrected chi connectivity index (χ2v) is 11.3. The van der Waals surface area contributed by atoms with E-state index in [4.69, 9.17) is 0 Å². The van der Waals surface area contributed by atoms with E-state index >= 15 is 0 Å². The highest BCUT2D eigenvalue weighted by molar-refractivity contribution is 6.15. The third-order valence-corrected chi connectivity index (χ3v) is 8.08. The summed E-state index contributed by atoms with van der Waals surface area (Å²) in [7, 11) is 0. The minimum atomic E-state index is -1.36. The van der Waals surface area contributed by atoms with Gasteiger partial charge in [-0.2, -0.15) is 0 Å². The van der Waals surface area contributed by atoms with Gasteiger partial charge in [0.2, 0.25) is 0 Å². The number of phenols is 2. The summed E-state index contributed by atoms with van der Waals surface area (Å²) in [5.41, 5.74) is 6.89. The molecule has 226 valence electrons. The molecule has 0 aliphatic heterocycles. The van der Waals surface area contributed by atoms with Crippen LogP contribution in [0.5, 0.6) is 11.5 Å². The number of hydrogen-bond donors (Lipinski definition) is 3. The smallest absolute Gasteiger partial charge is 0.196 e. The van der Waals surface area contributed by atoms with Crippen LogP contribution in [0.4, 0.5) is 0 Å². The Hall–Kier alpha value is -5.78. The second-order valence-electron chi connectivity index (χ2n) is 11.3. The van der Waals surface area contributed by atoms with Crippen molar-refractivity contribution in [2.75, 3.05) is 0 Å². The van der Waals surface area contributed by atoms with E-state index in [1.54, 1.807) is 66.7 Å². The fourth-order valence-corrected chi connectivity index (χ4v) is 5.62. The molecule has 6 aromatic rings. The average molecular weight is 605 g/mol. The van der Waals surface area contributed by atoms with E-state index in [0.717, 1.165) is 22.3 Å². The van der Waals surface area contributed by atoms with Gasteiger partial charge in [-0.1, -0.05) is 121 Å². The van der Waals surface area contributed by atoms with E-state index in [1.165, 1.54) is 0 Å². The molecule has 0 bridgehead atoms. The lowest BCUT2D eigenvalue weighted by molar-refractivity contribution is 0.0748. The van der Waals surface area contributed by atoms with Gasteiger partial charge in [-0.3, -0.25) is 9.59 Å². The lowest BCUT2D eigenvalue weighted by atomic mass is 9.86. The maximum absolute atomic E-state index is 14.1. The van der Waals surface area contributed by atoms with E-state index in [-0.39, 0.29) is 17.3 Å². The van der Waals surface area contributed by atoms with E-state index < -0.39 is 11.9 Å². The predicted octanol–water partition coefficient (Wildman–Crippen LogP) is 8.09. The summed E-state index contributed by atoms with van der Waals surface area (Å²) in [6.45, 7) is 0. The topological polar surface area (TPSA) is 94.8 Å². The molecular formula is C41H32O5. The lowest BCUT2D eigenvalue weighted by Crippen LogP contribution is -2.14. The Labute approximate surface area is 267 Å². The van der Waals surface area contributed by atoms with Crippen molar-refractivity contribution in [1.29, 1.82) is 0 Å². The maximum atomic E-state index is 14.1. The molecule has 6 aromatic carbocycles. The second kappa shape index (κ2) is 13.5. The Morgan fingerprint density at radius 3 is 1.61 bits per heavy atom. The van der Waals surface area contributed by atoms with E-state index in [9.17, 15) is 24.9 Å². The van der Waals surface area contributed by atoms with Crippen LogP contribution in [0, 0.1) is 0 Å². The van der Waals surface area contributed by atoms with Crippen LogP contribution in [0.25, 0.3) is 11.1 Å². The van der Waals surface area contributed by atoms with Crippen molar-refractivity contribution in [2.45, 2.75) is 18.9 Å². The minimum absolute atomic E-state index is 0.184. The number of ketones is 2. The van der Waals surface area contributed by atoms with Crippen LogP contribution in [0.2, 0.25) is 0 Å². The summed E-state index contributed by atoms with van der Waals surface area (Å²) in [4.78, 5) is 27.8. The van der Waals surface area contributed by atoms with Crippen molar-refractivity contribution in [1.82, 2.24) is 0 Å². The average Bonchev–Trinajstić information content (AvgIpc) is 3.10. The monoisotopic (exact) mass is 604 g/mol. The van der Waals surface area contributed by atoms with Gasteiger partial charge in [-0.05, 0) is 76.1 Å². The van der Waals surface area contributed by atoms with Crippen LogP contribution in [0.3, 0.4) is 0 Å². The number of aliphatic hydroxyl groups is 1. The molecule has 0 aliphatic rings. The van der Waals surface area contributed by atoms with Gasteiger partial charge in [0.1, 0.15) is 17.6 Å². The lowest BCUT2D eigenvalue weighted by Gasteiger charge is -2.17. The molecule has 0 saturated carbocycles. The third-order valence-electron chi connectivity index (χ3n) is 8.08. The molecule has 3 N–H and O–H groups in total. The van der Waals surface area contributed by atoms with Crippen LogP contribution in [0.15, 0.2) is 146 Å². The van der Waals surface area contributed by atoms with Crippen LogP contribution in [-0.2, 0) is 12.8 Å². The summed E-state index contributed by atoms with van der Waals surface area (Å²) in [6, 6.07) is 43.0. The van der Waals surface area contributed by atoms with Crippen molar-refractivity contribution in [3.8, 4) is 22.6 Å². The van der Waals surface area contributed by atoms with Crippen LogP contribution >= 0.6 is 0 Å². The molecule has 0 heterocycles. The fraction of sp³-hybridized carbons (Fsp3) is 0.0732. The van der Waals surface area contributed by atoms with E-state index in [1.807, 2.05) is 78.9 Å². The molecule has 6 rings (SSSR count). The van der Waals surface area contributed by atoms with Gasteiger partial charge in [0.25, 0.3) is 0 Å². The van der Waals surface area contributed by atoms with Gasteiger partial charge in [0.15, 0.2) is 11.6 Å². The maximum Gasteiger partial charge on any atom is 0.196 e. The molecule has 1 unspecified atom stereocenters. The first-order valence-corrected chi connectivity index (χ1v) is 15.0. The van der Waals surface area contributed by atoms with Crippen LogP contribution < -0.4 is 0 Å². The van der Waals surface area contributed by atoms with Crippen LogP contribution in [-0.4, -0.2) is 26.9 Å². The Kier molecular flexibility index (Phi) is 8.86. The highest BCUT2D eigenvalue weighted by Crippen LogP contribution is 2.33. The molecule has 5 nitrogen and oxygen atoms in total. The SMILES string of the molecule is O=C(c1ccc(Cc2ccc(O)cc2)cc1)c1ccc(Cc2ccc(O)cc2)cc1-c1ccccc1C(=O)C(O)c1ccccc1. The zero-order chi connectivity index (χ0) is 32.0. The normalized spacial score (nSPS) is 11.6. The number of carbonyl (C=O) groups is 2. The Morgan fingerprint density at radius 1 is 0.500 bits per heavy atom. The first kappa shape index (κ1) is 30.3. The number of carbonyl (C=O) groups excluding carboxylic acids is 2. The van der Waals surface area contributed by atoms with E-state index in [2.05, 4.69) is 0 Å². The van der Waals surface area contributed by atoms with E-state index in [0.29, 0.717) is 46.2 Å². The number of aromatic hydroxyl groups is 2. The summed E-state index contributed by atoms with van der Waals surface area (Å²) >= 11 is 0. The Balaban J connectivity index is 1.38. The number of Topliss-reactive ketones (excluding diaryl/α,β-unsaturated/α-hetero) is 1. The van der Waals surface area contributed by atoms with Gasteiger partial charge < -0.3 is 15.3 Å². The van der Waals surface area contributed by atoms with Gasteiger partial charge in [0.05, 0.1) is 0 Å². The zero-order valence-corrected chi connectivity index (χ0v) is 25.0. The molecule has 1 atom stereocenters. The molecule has 5 heteroatoms.